The van der Waals surface area contributed by atoms with Gasteiger partial charge in [0.05, 0.1) is 0 Å². The quantitative estimate of drug-likeness (QED) is 0.828. The van der Waals surface area contributed by atoms with E-state index in [9.17, 15) is 0 Å². The van der Waals surface area contributed by atoms with Crippen molar-refractivity contribution in [2.24, 2.45) is 0 Å². The zero-order valence-corrected chi connectivity index (χ0v) is 14.1. The molecular formula is C18H29NS. The smallest absolute Gasteiger partial charge is 0.0195 e. The van der Waals surface area contributed by atoms with Crippen molar-refractivity contribution in [1.82, 2.24) is 5.32 Å². The number of likely N-dealkylation sites (N-methyl/N-ethyl adjacent to an activating group) is 1. The van der Waals surface area contributed by atoms with Crippen LogP contribution >= 0.6 is 11.8 Å². The first-order chi connectivity index (χ1) is 9.69. The third-order valence-corrected chi connectivity index (χ3v) is 6.08. The Morgan fingerprint density at radius 2 is 1.90 bits per heavy atom. The molecule has 1 atom stereocenters. The Labute approximate surface area is 128 Å². The summed E-state index contributed by atoms with van der Waals surface area (Å²) in [4.78, 5) is 0. The average Bonchev–Trinajstić information content (AvgIpc) is 2.48. The first-order valence-electron chi connectivity index (χ1n) is 8.04. The largest absolute Gasteiger partial charge is 0.316 e. The van der Waals surface area contributed by atoms with E-state index in [4.69, 9.17) is 0 Å². The van der Waals surface area contributed by atoms with Crippen LogP contribution in [0.5, 0.6) is 0 Å². The molecule has 1 fully saturated rings. The van der Waals surface area contributed by atoms with Crippen LogP contribution in [-0.2, 0) is 6.42 Å². The molecule has 0 bridgehead atoms. The second kappa shape index (κ2) is 8.09. The van der Waals surface area contributed by atoms with E-state index in [1.54, 1.807) is 0 Å². The van der Waals surface area contributed by atoms with E-state index < -0.39 is 0 Å². The van der Waals surface area contributed by atoms with Gasteiger partial charge in [0.15, 0.2) is 0 Å². The zero-order valence-electron chi connectivity index (χ0n) is 13.2. The van der Waals surface area contributed by atoms with Crippen molar-refractivity contribution in [3.8, 4) is 0 Å². The number of thioether (sulfide) groups is 1. The SMILES string of the molecule is CNC(CSC1CCCCC1)Cc1ccc(C)c(C)c1. The van der Waals surface area contributed by atoms with E-state index >= 15 is 0 Å². The fourth-order valence-corrected chi connectivity index (χ4v) is 4.40. The molecule has 20 heavy (non-hydrogen) atoms. The summed E-state index contributed by atoms with van der Waals surface area (Å²) in [6.07, 6.45) is 8.36. The van der Waals surface area contributed by atoms with Gasteiger partial charge in [-0.1, -0.05) is 37.5 Å². The Hall–Kier alpha value is -0.470. The minimum atomic E-state index is 0.601. The van der Waals surface area contributed by atoms with Crippen molar-refractivity contribution in [2.75, 3.05) is 12.8 Å². The molecule has 1 aromatic carbocycles. The second-order valence-corrected chi connectivity index (χ2v) is 7.54. The minimum Gasteiger partial charge on any atom is -0.316 e. The highest BCUT2D eigenvalue weighted by molar-refractivity contribution is 7.99. The van der Waals surface area contributed by atoms with Gasteiger partial charge in [-0.25, -0.2) is 0 Å². The average molecular weight is 292 g/mol. The molecule has 112 valence electrons. The summed E-state index contributed by atoms with van der Waals surface area (Å²) in [5.74, 6) is 1.24. The Kier molecular flexibility index (Phi) is 6.44. The maximum Gasteiger partial charge on any atom is 0.0195 e. The molecule has 1 unspecified atom stereocenters. The lowest BCUT2D eigenvalue weighted by Gasteiger charge is -2.24. The zero-order chi connectivity index (χ0) is 14.4. The summed E-state index contributed by atoms with van der Waals surface area (Å²) in [6.45, 7) is 4.40. The lowest BCUT2D eigenvalue weighted by atomic mass is 10.0. The van der Waals surface area contributed by atoms with Crippen LogP contribution in [0.1, 0.15) is 48.8 Å². The summed E-state index contributed by atoms with van der Waals surface area (Å²) >= 11 is 2.19. The first-order valence-corrected chi connectivity index (χ1v) is 9.09. The molecule has 0 spiro atoms. The van der Waals surface area contributed by atoms with Gasteiger partial charge in [0.1, 0.15) is 0 Å². The van der Waals surface area contributed by atoms with Crippen LogP contribution in [0.2, 0.25) is 0 Å². The fraction of sp³-hybridized carbons (Fsp3) is 0.667. The molecule has 1 nitrogen and oxygen atoms in total. The van der Waals surface area contributed by atoms with Gasteiger partial charge in [-0.15, -0.1) is 0 Å². The standard InChI is InChI=1S/C18H29NS/c1-14-9-10-16(11-15(14)2)12-17(19-3)13-20-18-7-5-4-6-8-18/h9-11,17-19H,4-8,12-13H2,1-3H3. The van der Waals surface area contributed by atoms with E-state index in [-0.39, 0.29) is 0 Å². The number of rotatable bonds is 6. The van der Waals surface area contributed by atoms with Crippen molar-refractivity contribution in [3.05, 3.63) is 34.9 Å². The van der Waals surface area contributed by atoms with Crippen LogP contribution in [0.15, 0.2) is 18.2 Å². The monoisotopic (exact) mass is 291 g/mol. The molecule has 0 aliphatic heterocycles. The molecule has 0 amide bonds. The second-order valence-electron chi connectivity index (χ2n) is 6.20. The highest BCUT2D eigenvalue weighted by Crippen LogP contribution is 2.28. The van der Waals surface area contributed by atoms with Gasteiger partial charge in [-0.3, -0.25) is 0 Å². The molecule has 1 aliphatic carbocycles. The number of benzene rings is 1. The molecule has 2 rings (SSSR count). The van der Waals surface area contributed by atoms with Crippen LogP contribution in [0.3, 0.4) is 0 Å². The lowest BCUT2D eigenvalue weighted by molar-refractivity contribution is 0.514. The summed E-state index contributed by atoms with van der Waals surface area (Å²) in [5.41, 5.74) is 4.28. The van der Waals surface area contributed by atoms with Crippen molar-refractivity contribution < 1.29 is 0 Å². The summed E-state index contributed by atoms with van der Waals surface area (Å²) in [7, 11) is 2.10. The summed E-state index contributed by atoms with van der Waals surface area (Å²) in [5, 5.41) is 4.42. The molecule has 0 radical (unpaired) electrons. The van der Waals surface area contributed by atoms with Crippen LogP contribution in [0, 0.1) is 13.8 Å². The van der Waals surface area contributed by atoms with Gasteiger partial charge in [-0.2, -0.15) is 11.8 Å². The Balaban J connectivity index is 1.83. The number of aryl methyl sites for hydroxylation is 2. The Morgan fingerprint density at radius 3 is 2.55 bits per heavy atom. The molecule has 1 aromatic rings. The van der Waals surface area contributed by atoms with E-state index in [1.165, 1.54) is 54.5 Å². The van der Waals surface area contributed by atoms with Crippen molar-refractivity contribution in [2.45, 2.75) is 63.7 Å². The molecular weight excluding hydrogens is 262 g/mol. The van der Waals surface area contributed by atoms with Gasteiger partial charge in [0.25, 0.3) is 0 Å². The maximum absolute atomic E-state index is 3.50. The molecule has 0 saturated heterocycles. The van der Waals surface area contributed by atoms with Gasteiger partial charge in [0, 0.05) is 17.0 Å². The van der Waals surface area contributed by atoms with E-state index in [1.807, 2.05) is 0 Å². The Bertz CT molecular complexity index is 410. The van der Waals surface area contributed by atoms with Crippen LogP contribution in [-0.4, -0.2) is 24.1 Å². The number of hydrogen-bond acceptors (Lipinski definition) is 2. The predicted molar refractivity (Wildman–Crippen MR) is 91.8 cm³/mol. The highest BCUT2D eigenvalue weighted by Gasteiger charge is 2.16. The van der Waals surface area contributed by atoms with Crippen molar-refractivity contribution in [3.63, 3.8) is 0 Å². The lowest BCUT2D eigenvalue weighted by Crippen LogP contribution is -2.31. The van der Waals surface area contributed by atoms with Crippen LogP contribution in [0.25, 0.3) is 0 Å². The molecule has 1 aliphatic rings. The normalized spacial score (nSPS) is 18.1. The molecule has 0 heterocycles. The topological polar surface area (TPSA) is 12.0 Å². The molecule has 1 saturated carbocycles. The van der Waals surface area contributed by atoms with Crippen LogP contribution in [0.4, 0.5) is 0 Å². The predicted octanol–water partition coefficient (Wildman–Crippen LogP) is 4.50. The van der Waals surface area contributed by atoms with Gasteiger partial charge in [-0.05, 0) is 56.8 Å². The molecule has 0 aromatic heterocycles. The van der Waals surface area contributed by atoms with E-state index in [0.29, 0.717) is 6.04 Å². The van der Waals surface area contributed by atoms with Crippen LogP contribution < -0.4 is 5.32 Å². The fourth-order valence-electron chi connectivity index (χ4n) is 2.94. The van der Waals surface area contributed by atoms with Gasteiger partial charge >= 0.3 is 0 Å². The molecule has 1 N–H and O–H groups in total. The van der Waals surface area contributed by atoms with E-state index in [2.05, 4.69) is 56.2 Å². The summed E-state index contributed by atoms with van der Waals surface area (Å²) < 4.78 is 0. The van der Waals surface area contributed by atoms with Crippen molar-refractivity contribution in [1.29, 1.82) is 0 Å². The Morgan fingerprint density at radius 1 is 1.15 bits per heavy atom. The summed E-state index contributed by atoms with van der Waals surface area (Å²) in [6, 6.07) is 7.50. The molecule has 2 heteroatoms. The highest BCUT2D eigenvalue weighted by atomic mass is 32.2. The van der Waals surface area contributed by atoms with E-state index in [0.717, 1.165) is 11.7 Å². The number of hydrogen-bond donors (Lipinski definition) is 1. The third kappa shape index (κ3) is 4.82. The number of nitrogens with one attached hydrogen (secondary N) is 1. The van der Waals surface area contributed by atoms with Crippen molar-refractivity contribution >= 4 is 11.8 Å². The maximum atomic E-state index is 3.50. The third-order valence-electron chi connectivity index (χ3n) is 4.55. The van der Waals surface area contributed by atoms with Gasteiger partial charge < -0.3 is 5.32 Å². The minimum absolute atomic E-state index is 0.601. The van der Waals surface area contributed by atoms with Gasteiger partial charge in [0.2, 0.25) is 0 Å². The first kappa shape index (κ1) is 15.9.